The van der Waals surface area contributed by atoms with Crippen LogP contribution in [0, 0.1) is 0 Å². The fraction of sp³-hybridized carbons (Fsp3) is 0.667. The first-order chi connectivity index (χ1) is 8.92. The third-order valence-electron chi connectivity index (χ3n) is 2.31. The van der Waals surface area contributed by atoms with Crippen molar-refractivity contribution in [1.82, 2.24) is 9.78 Å². The summed E-state index contributed by atoms with van der Waals surface area (Å²) in [5.41, 5.74) is 0.267. The van der Waals surface area contributed by atoms with Gasteiger partial charge in [-0.05, 0) is 43.6 Å². The predicted octanol–water partition coefficient (Wildman–Crippen LogP) is 2.77. The second-order valence-electron chi connectivity index (χ2n) is 4.12. The molecular weight excluding hydrogens is 316 g/mol. The number of ether oxygens (including phenoxy) is 3. The Balaban J connectivity index is 3.14. The number of esters is 1. The number of aromatic nitrogens is 2. The Morgan fingerprint density at radius 1 is 1.42 bits per heavy atom. The normalized spacial score (nSPS) is 12.6. The first-order valence-corrected chi connectivity index (χ1v) is 6.86. The first-order valence-electron chi connectivity index (χ1n) is 6.06. The monoisotopic (exact) mass is 334 g/mol. The van der Waals surface area contributed by atoms with Crippen molar-refractivity contribution in [3.8, 4) is 5.88 Å². The summed E-state index contributed by atoms with van der Waals surface area (Å²) >= 11 is 3.25. The molecule has 1 rings (SSSR count). The second-order valence-corrected chi connectivity index (χ2v) is 4.88. The van der Waals surface area contributed by atoms with Crippen LogP contribution >= 0.6 is 15.9 Å². The van der Waals surface area contributed by atoms with Gasteiger partial charge in [-0.2, -0.15) is 5.10 Å². The Morgan fingerprint density at radius 2 is 2.05 bits per heavy atom. The molecule has 1 aromatic rings. The van der Waals surface area contributed by atoms with Gasteiger partial charge in [0.15, 0.2) is 11.8 Å². The lowest BCUT2D eigenvalue weighted by Crippen LogP contribution is -2.16. The summed E-state index contributed by atoms with van der Waals surface area (Å²) in [6.07, 6.45) is -0.317. The topological polar surface area (TPSA) is 62.6 Å². The summed E-state index contributed by atoms with van der Waals surface area (Å²) in [7, 11) is 1.48. The molecule has 0 spiro atoms. The molecule has 6 nitrogen and oxygen atoms in total. The van der Waals surface area contributed by atoms with Crippen LogP contribution in [0.1, 0.15) is 44.3 Å². The Kier molecular flexibility index (Phi) is 5.81. The highest BCUT2D eigenvalue weighted by Crippen LogP contribution is 2.30. The molecule has 0 aliphatic carbocycles. The minimum absolute atomic E-state index is 0.0359. The first kappa shape index (κ1) is 16.0. The van der Waals surface area contributed by atoms with Gasteiger partial charge in [0.1, 0.15) is 4.60 Å². The third kappa shape index (κ3) is 3.70. The van der Waals surface area contributed by atoms with Gasteiger partial charge in [-0.1, -0.05) is 0 Å². The molecule has 0 radical (unpaired) electrons. The van der Waals surface area contributed by atoms with Gasteiger partial charge in [0.05, 0.1) is 19.8 Å². The van der Waals surface area contributed by atoms with Gasteiger partial charge in [-0.3, -0.25) is 0 Å². The molecule has 0 aromatic carbocycles. The van der Waals surface area contributed by atoms with Crippen LogP contribution in [0.25, 0.3) is 0 Å². The molecule has 0 amide bonds. The summed E-state index contributed by atoms with van der Waals surface area (Å²) in [5, 5.41) is 4.22. The largest absolute Gasteiger partial charge is 0.480 e. The van der Waals surface area contributed by atoms with E-state index in [1.165, 1.54) is 11.8 Å². The predicted molar refractivity (Wildman–Crippen MR) is 73.4 cm³/mol. The second kappa shape index (κ2) is 6.91. The van der Waals surface area contributed by atoms with Crippen LogP contribution in [-0.4, -0.2) is 35.6 Å². The van der Waals surface area contributed by atoms with E-state index in [1.54, 1.807) is 6.92 Å². The van der Waals surface area contributed by atoms with Crippen molar-refractivity contribution in [2.45, 2.75) is 40.0 Å². The number of hydrogen-bond donors (Lipinski definition) is 0. The van der Waals surface area contributed by atoms with Gasteiger partial charge in [-0.25, -0.2) is 9.48 Å². The summed E-state index contributed by atoms with van der Waals surface area (Å²) < 4.78 is 17.8. The lowest BCUT2D eigenvalue weighted by atomic mass is 10.3. The van der Waals surface area contributed by atoms with Crippen molar-refractivity contribution >= 4 is 21.9 Å². The molecule has 19 heavy (non-hydrogen) atoms. The summed E-state index contributed by atoms with van der Waals surface area (Å²) in [6, 6.07) is 0. The molecule has 0 aliphatic rings. The molecule has 1 unspecified atom stereocenters. The maximum absolute atomic E-state index is 11.9. The molecule has 0 saturated heterocycles. The van der Waals surface area contributed by atoms with Gasteiger partial charge in [-0.15, -0.1) is 0 Å². The Labute approximate surface area is 121 Å². The third-order valence-corrected chi connectivity index (χ3v) is 2.87. The highest BCUT2D eigenvalue weighted by Gasteiger charge is 2.27. The fourth-order valence-electron chi connectivity index (χ4n) is 1.66. The van der Waals surface area contributed by atoms with E-state index in [-0.39, 0.29) is 24.5 Å². The van der Waals surface area contributed by atoms with Crippen LogP contribution in [0.3, 0.4) is 0 Å². The van der Waals surface area contributed by atoms with Crippen molar-refractivity contribution < 1.29 is 19.0 Å². The van der Waals surface area contributed by atoms with Crippen molar-refractivity contribution in [3.05, 3.63) is 10.2 Å². The standard InChI is InChI=1S/C12H19BrN2O4/c1-6-18-12(16)9-10(13)14-15(11(9)17-5)8(4)19-7(2)3/h7-8H,6H2,1-5H3. The van der Waals surface area contributed by atoms with E-state index >= 15 is 0 Å². The zero-order chi connectivity index (χ0) is 14.6. The average Bonchev–Trinajstić information content (AvgIpc) is 2.65. The molecule has 7 heteroatoms. The Hall–Kier alpha value is -1.08. The van der Waals surface area contributed by atoms with Crippen LogP contribution < -0.4 is 4.74 Å². The number of halogens is 1. The van der Waals surface area contributed by atoms with E-state index in [2.05, 4.69) is 21.0 Å². The van der Waals surface area contributed by atoms with Crippen molar-refractivity contribution in [2.75, 3.05) is 13.7 Å². The molecule has 1 aromatic heterocycles. The molecule has 0 fully saturated rings. The zero-order valence-corrected chi connectivity index (χ0v) is 13.4. The lowest BCUT2D eigenvalue weighted by Gasteiger charge is -2.18. The summed E-state index contributed by atoms with van der Waals surface area (Å²) in [4.78, 5) is 11.9. The number of carbonyl (C=O) groups excluding carboxylic acids is 1. The molecule has 108 valence electrons. The van der Waals surface area contributed by atoms with E-state index < -0.39 is 5.97 Å². The van der Waals surface area contributed by atoms with Crippen LogP contribution in [0.5, 0.6) is 5.88 Å². The maximum atomic E-state index is 11.9. The van der Waals surface area contributed by atoms with Crippen LogP contribution in [-0.2, 0) is 9.47 Å². The van der Waals surface area contributed by atoms with Gasteiger partial charge >= 0.3 is 5.97 Å². The Bertz CT molecular complexity index is 445. The highest BCUT2D eigenvalue weighted by atomic mass is 79.9. The van der Waals surface area contributed by atoms with E-state index in [4.69, 9.17) is 14.2 Å². The smallest absolute Gasteiger partial charge is 0.346 e. The van der Waals surface area contributed by atoms with Crippen molar-refractivity contribution in [2.24, 2.45) is 0 Å². The van der Waals surface area contributed by atoms with E-state index in [1.807, 2.05) is 20.8 Å². The van der Waals surface area contributed by atoms with Crippen LogP contribution in [0.4, 0.5) is 0 Å². The maximum Gasteiger partial charge on any atom is 0.346 e. The summed E-state index contributed by atoms with van der Waals surface area (Å²) in [5.74, 6) is -0.160. The van der Waals surface area contributed by atoms with Crippen molar-refractivity contribution in [1.29, 1.82) is 0 Å². The fourth-order valence-corrected chi connectivity index (χ4v) is 2.16. The number of methoxy groups -OCH3 is 1. The van der Waals surface area contributed by atoms with Gasteiger partial charge in [0.2, 0.25) is 5.88 Å². The minimum atomic E-state index is -0.478. The van der Waals surface area contributed by atoms with E-state index in [0.29, 0.717) is 10.5 Å². The Morgan fingerprint density at radius 3 is 2.53 bits per heavy atom. The van der Waals surface area contributed by atoms with Crippen LogP contribution in [0.15, 0.2) is 4.60 Å². The molecule has 0 aliphatic heterocycles. The quantitative estimate of drug-likeness (QED) is 0.748. The van der Waals surface area contributed by atoms with E-state index in [0.717, 1.165) is 0 Å². The molecular formula is C12H19BrN2O4. The molecule has 1 heterocycles. The number of nitrogens with zero attached hydrogens (tertiary/aromatic N) is 2. The molecule has 0 N–H and O–H groups in total. The van der Waals surface area contributed by atoms with Gasteiger partial charge in [0.25, 0.3) is 0 Å². The SMILES string of the molecule is CCOC(=O)c1c(Br)nn(C(C)OC(C)C)c1OC. The van der Waals surface area contributed by atoms with Crippen molar-refractivity contribution in [3.63, 3.8) is 0 Å². The molecule has 0 bridgehead atoms. The molecule has 0 saturated carbocycles. The van der Waals surface area contributed by atoms with Crippen LogP contribution in [0.2, 0.25) is 0 Å². The number of rotatable bonds is 6. The number of hydrogen-bond acceptors (Lipinski definition) is 5. The molecule has 1 atom stereocenters. The van der Waals surface area contributed by atoms with Gasteiger partial charge < -0.3 is 14.2 Å². The van der Waals surface area contributed by atoms with Gasteiger partial charge in [0, 0.05) is 0 Å². The lowest BCUT2D eigenvalue weighted by molar-refractivity contribution is -0.0357. The number of carbonyl (C=O) groups is 1. The zero-order valence-electron chi connectivity index (χ0n) is 11.8. The average molecular weight is 335 g/mol. The van der Waals surface area contributed by atoms with E-state index in [9.17, 15) is 4.79 Å². The highest BCUT2D eigenvalue weighted by molar-refractivity contribution is 9.10. The minimum Gasteiger partial charge on any atom is -0.480 e. The summed E-state index contributed by atoms with van der Waals surface area (Å²) in [6.45, 7) is 7.71.